The van der Waals surface area contributed by atoms with Crippen molar-refractivity contribution in [2.45, 2.75) is 6.92 Å². The van der Waals surface area contributed by atoms with Crippen molar-refractivity contribution >= 4 is 17.3 Å². The predicted molar refractivity (Wildman–Crippen MR) is 64.9 cm³/mol. The first-order chi connectivity index (χ1) is 7.65. The summed E-state index contributed by atoms with van der Waals surface area (Å²) in [7, 11) is 0. The van der Waals surface area contributed by atoms with Gasteiger partial charge in [-0.05, 0) is 30.7 Å². The largest absolute Gasteiger partial charge is 0.437 e. The normalized spacial score (nSPS) is 10.1. The lowest BCUT2D eigenvalue weighted by Gasteiger charge is -2.07. The van der Waals surface area contributed by atoms with Crippen molar-refractivity contribution in [3.8, 4) is 11.6 Å². The second-order valence-electron chi connectivity index (χ2n) is 3.46. The van der Waals surface area contributed by atoms with Crippen molar-refractivity contribution in [1.29, 1.82) is 0 Å². The molecule has 2 rings (SSSR count). The Morgan fingerprint density at radius 1 is 1.25 bits per heavy atom. The number of hydrogen-bond donors (Lipinski definition) is 1. The van der Waals surface area contributed by atoms with E-state index < -0.39 is 0 Å². The highest BCUT2D eigenvalue weighted by Crippen LogP contribution is 2.29. The summed E-state index contributed by atoms with van der Waals surface area (Å²) in [5.41, 5.74) is 7.31. The maximum atomic E-state index is 6.00. The van der Waals surface area contributed by atoms with Crippen LogP contribution in [0.4, 0.5) is 5.69 Å². The minimum Gasteiger partial charge on any atom is -0.437 e. The molecule has 2 N–H and O–H groups in total. The molecule has 0 spiro atoms. The monoisotopic (exact) mass is 234 g/mol. The van der Waals surface area contributed by atoms with Crippen LogP contribution in [-0.4, -0.2) is 4.98 Å². The number of benzene rings is 1. The maximum Gasteiger partial charge on any atom is 0.221 e. The Bertz CT molecular complexity index is 514. The molecular formula is C12H11ClN2O. The quantitative estimate of drug-likeness (QED) is 0.866. The molecule has 16 heavy (non-hydrogen) atoms. The van der Waals surface area contributed by atoms with E-state index in [1.165, 1.54) is 0 Å². The van der Waals surface area contributed by atoms with Gasteiger partial charge in [0.05, 0.1) is 5.02 Å². The summed E-state index contributed by atoms with van der Waals surface area (Å²) >= 11 is 6.00. The molecule has 0 radical (unpaired) electrons. The molecule has 0 aliphatic rings. The SMILES string of the molecule is Cc1ccc(Cl)c(Oc2cc(N)ccn2)c1. The summed E-state index contributed by atoms with van der Waals surface area (Å²) in [6.07, 6.45) is 1.59. The van der Waals surface area contributed by atoms with Crippen LogP contribution in [0.25, 0.3) is 0 Å². The minimum absolute atomic E-state index is 0.438. The molecule has 0 aliphatic carbocycles. The van der Waals surface area contributed by atoms with Crippen LogP contribution in [0.15, 0.2) is 36.5 Å². The van der Waals surface area contributed by atoms with Crippen LogP contribution in [0.3, 0.4) is 0 Å². The number of aromatic nitrogens is 1. The molecule has 82 valence electrons. The molecule has 1 heterocycles. The first-order valence-corrected chi connectivity index (χ1v) is 5.18. The molecule has 0 saturated heterocycles. The second kappa shape index (κ2) is 4.41. The predicted octanol–water partition coefficient (Wildman–Crippen LogP) is 3.42. The maximum absolute atomic E-state index is 6.00. The highest BCUT2D eigenvalue weighted by Gasteiger charge is 2.04. The topological polar surface area (TPSA) is 48.1 Å². The third-order valence-electron chi connectivity index (χ3n) is 2.06. The fourth-order valence-corrected chi connectivity index (χ4v) is 1.44. The number of aryl methyl sites for hydroxylation is 1. The molecule has 0 amide bonds. The lowest BCUT2D eigenvalue weighted by atomic mass is 10.2. The summed E-state index contributed by atoms with van der Waals surface area (Å²) in [4.78, 5) is 4.04. The Balaban J connectivity index is 2.30. The summed E-state index contributed by atoms with van der Waals surface area (Å²) < 4.78 is 5.55. The summed E-state index contributed by atoms with van der Waals surface area (Å²) in [5.74, 6) is 1.02. The van der Waals surface area contributed by atoms with E-state index in [9.17, 15) is 0 Å². The van der Waals surface area contributed by atoms with Gasteiger partial charge in [-0.15, -0.1) is 0 Å². The van der Waals surface area contributed by atoms with Crippen molar-refractivity contribution < 1.29 is 4.74 Å². The number of nitrogen functional groups attached to an aromatic ring is 1. The van der Waals surface area contributed by atoms with Gasteiger partial charge < -0.3 is 10.5 Å². The van der Waals surface area contributed by atoms with Crippen molar-refractivity contribution in [2.75, 3.05) is 5.73 Å². The van der Waals surface area contributed by atoms with Gasteiger partial charge in [-0.1, -0.05) is 17.7 Å². The Morgan fingerprint density at radius 3 is 2.81 bits per heavy atom. The van der Waals surface area contributed by atoms with E-state index >= 15 is 0 Å². The molecule has 0 aliphatic heterocycles. The van der Waals surface area contributed by atoms with Crippen molar-refractivity contribution in [3.05, 3.63) is 47.1 Å². The number of hydrogen-bond acceptors (Lipinski definition) is 3. The fourth-order valence-electron chi connectivity index (χ4n) is 1.28. The minimum atomic E-state index is 0.438. The highest BCUT2D eigenvalue weighted by molar-refractivity contribution is 6.32. The van der Waals surface area contributed by atoms with E-state index in [4.69, 9.17) is 22.1 Å². The third-order valence-corrected chi connectivity index (χ3v) is 2.37. The van der Waals surface area contributed by atoms with Gasteiger partial charge in [0, 0.05) is 18.0 Å². The summed E-state index contributed by atoms with van der Waals surface area (Å²) in [6.45, 7) is 1.97. The van der Waals surface area contributed by atoms with Crippen LogP contribution in [0.1, 0.15) is 5.56 Å². The van der Waals surface area contributed by atoms with E-state index in [1.54, 1.807) is 24.4 Å². The molecule has 1 aromatic heterocycles. The van der Waals surface area contributed by atoms with Gasteiger partial charge in [-0.25, -0.2) is 4.98 Å². The van der Waals surface area contributed by atoms with Crippen LogP contribution in [0, 0.1) is 6.92 Å². The van der Waals surface area contributed by atoms with Crippen molar-refractivity contribution in [2.24, 2.45) is 0 Å². The molecule has 0 saturated carbocycles. The first-order valence-electron chi connectivity index (χ1n) is 4.81. The standard InChI is InChI=1S/C12H11ClN2O/c1-8-2-3-10(13)11(6-8)16-12-7-9(14)4-5-15-12/h2-7H,1H3,(H2,14,15). The van der Waals surface area contributed by atoms with Gasteiger partial charge in [0.1, 0.15) is 5.75 Å². The number of halogens is 1. The van der Waals surface area contributed by atoms with E-state index in [-0.39, 0.29) is 0 Å². The average molecular weight is 235 g/mol. The molecule has 0 unspecified atom stereocenters. The smallest absolute Gasteiger partial charge is 0.221 e. The number of ether oxygens (including phenoxy) is 1. The zero-order valence-electron chi connectivity index (χ0n) is 8.77. The van der Waals surface area contributed by atoms with Crippen LogP contribution in [-0.2, 0) is 0 Å². The van der Waals surface area contributed by atoms with Gasteiger partial charge in [-0.2, -0.15) is 0 Å². The number of pyridine rings is 1. The van der Waals surface area contributed by atoms with Crippen LogP contribution >= 0.6 is 11.6 Å². The van der Waals surface area contributed by atoms with E-state index in [2.05, 4.69) is 4.98 Å². The summed E-state index contributed by atoms with van der Waals surface area (Å²) in [6, 6.07) is 8.91. The van der Waals surface area contributed by atoms with E-state index in [0.29, 0.717) is 22.3 Å². The lowest BCUT2D eigenvalue weighted by molar-refractivity contribution is 0.463. The van der Waals surface area contributed by atoms with Gasteiger partial charge in [0.15, 0.2) is 0 Å². The van der Waals surface area contributed by atoms with Gasteiger partial charge in [-0.3, -0.25) is 0 Å². The number of nitrogens with two attached hydrogens (primary N) is 1. The fraction of sp³-hybridized carbons (Fsp3) is 0.0833. The van der Waals surface area contributed by atoms with Crippen LogP contribution in [0.2, 0.25) is 5.02 Å². The van der Waals surface area contributed by atoms with Crippen molar-refractivity contribution in [1.82, 2.24) is 4.98 Å². The Hall–Kier alpha value is -1.74. The van der Waals surface area contributed by atoms with Gasteiger partial charge in [0.2, 0.25) is 5.88 Å². The van der Waals surface area contributed by atoms with Gasteiger partial charge in [0.25, 0.3) is 0 Å². The Kier molecular flexibility index (Phi) is 2.97. The van der Waals surface area contributed by atoms with E-state index in [0.717, 1.165) is 5.56 Å². The van der Waals surface area contributed by atoms with Crippen LogP contribution < -0.4 is 10.5 Å². The third kappa shape index (κ3) is 2.44. The Labute approximate surface area is 98.8 Å². The lowest BCUT2D eigenvalue weighted by Crippen LogP contribution is -1.91. The highest BCUT2D eigenvalue weighted by atomic mass is 35.5. The number of rotatable bonds is 2. The summed E-state index contributed by atoms with van der Waals surface area (Å²) in [5, 5.41) is 0.551. The molecular weight excluding hydrogens is 224 g/mol. The average Bonchev–Trinajstić information content (AvgIpc) is 2.24. The molecule has 0 bridgehead atoms. The molecule has 0 fully saturated rings. The molecule has 2 aromatic rings. The Morgan fingerprint density at radius 2 is 2.06 bits per heavy atom. The molecule has 4 heteroatoms. The molecule has 3 nitrogen and oxygen atoms in total. The zero-order valence-corrected chi connectivity index (χ0v) is 9.53. The van der Waals surface area contributed by atoms with Crippen molar-refractivity contribution in [3.63, 3.8) is 0 Å². The first kappa shape index (κ1) is 10.8. The second-order valence-corrected chi connectivity index (χ2v) is 3.87. The number of anilines is 1. The van der Waals surface area contributed by atoms with E-state index in [1.807, 2.05) is 19.1 Å². The molecule has 1 aromatic carbocycles. The van der Waals surface area contributed by atoms with Crippen LogP contribution in [0.5, 0.6) is 11.6 Å². The molecule has 0 atom stereocenters. The zero-order chi connectivity index (χ0) is 11.5. The number of nitrogens with zero attached hydrogens (tertiary/aromatic N) is 1. The van der Waals surface area contributed by atoms with Gasteiger partial charge >= 0.3 is 0 Å².